The number of nitro groups is 1. The van der Waals surface area contributed by atoms with E-state index in [1.54, 1.807) is 0 Å². The van der Waals surface area contributed by atoms with Crippen LogP contribution >= 0.6 is 11.6 Å². The minimum Gasteiger partial charge on any atom is -0.405 e. The number of nitrogens with zero attached hydrogens (tertiary/aromatic N) is 1. The summed E-state index contributed by atoms with van der Waals surface area (Å²) < 4.78 is 39.7. The van der Waals surface area contributed by atoms with Crippen molar-refractivity contribution in [1.29, 1.82) is 0 Å². The fourth-order valence-electron chi connectivity index (χ4n) is 1.14. The molecule has 5 nitrogen and oxygen atoms in total. The van der Waals surface area contributed by atoms with E-state index in [0.29, 0.717) is 12.1 Å². The number of non-ortho nitro benzene ring substituents is 1. The molecule has 0 N–H and O–H groups in total. The molecule has 98 valence electrons. The molecule has 1 aromatic rings. The zero-order valence-corrected chi connectivity index (χ0v) is 9.29. The minimum atomic E-state index is -5.00. The van der Waals surface area contributed by atoms with Gasteiger partial charge in [0.1, 0.15) is 5.75 Å². The van der Waals surface area contributed by atoms with Gasteiger partial charge in [-0.2, -0.15) is 0 Å². The van der Waals surface area contributed by atoms with Crippen LogP contribution < -0.4 is 4.74 Å². The molecular weight excluding hydrogens is 279 g/mol. The average Bonchev–Trinajstić information content (AvgIpc) is 2.26. The SMILES string of the molecule is O=C(CCl)c1cc([N+](=O)[O-])ccc1OC(F)(F)F. The van der Waals surface area contributed by atoms with Crippen molar-refractivity contribution >= 4 is 23.1 Å². The van der Waals surface area contributed by atoms with Gasteiger partial charge in [-0.25, -0.2) is 0 Å². The Bertz CT molecular complexity index is 489. The highest BCUT2D eigenvalue weighted by atomic mass is 35.5. The standard InChI is InChI=1S/C9H5ClF3NO4/c10-4-7(15)6-3-5(14(16)17)1-2-8(6)18-9(11,12)13/h1-3H,4H2. The summed E-state index contributed by atoms with van der Waals surface area (Å²) in [7, 11) is 0. The number of hydrogen-bond acceptors (Lipinski definition) is 4. The number of alkyl halides is 4. The van der Waals surface area contributed by atoms with Gasteiger partial charge in [-0.15, -0.1) is 24.8 Å². The first kappa shape index (κ1) is 14.2. The number of ether oxygens (including phenoxy) is 1. The maximum absolute atomic E-state index is 12.0. The fourth-order valence-corrected chi connectivity index (χ4v) is 1.28. The third-order valence-electron chi connectivity index (χ3n) is 1.82. The van der Waals surface area contributed by atoms with Crippen molar-refractivity contribution in [3.8, 4) is 5.75 Å². The lowest BCUT2D eigenvalue weighted by atomic mass is 10.1. The molecule has 0 fully saturated rings. The number of carbonyl (C=O) groups excluding carboxylic acids is 1. The van der Waals surface area contributed by atoms with Gasteiger partial charge in [-0.1, -0.05) is 0 Å². The van der Waals surface area contributed by atoms with Crippen LogP contribution in [0.3, 0.4) is 0 Å². The number of halogens is 4. The Morgan fingerprint density at radius 1 is 1.44 bits per heavy atom. The summed E-state index contributed by atoms with van der Waals surface area (Å²) in [5, 5.41) is 10.5. The highest BCUT2D eigenvalue weighted by Crippen LogP contribution is 2.29. The number of hydrogen-bond donors (Lipinski definition) is 0. The number of carbonyl (C=O) groups is 1. The number of Topliss-reactive ketones (excluding diaryl/α,β-unsaturated/α-hetero) is 1. The van der Waals surface area contributed by atoms with Gasteiger partial charge in [0.15, 0.2) is 5.78 Å². The Balaban J connectivity index is 3.25. The van der Waals surface area contributed by atoms with Crippen molar-refractivity contribution in [1.82, 2.24) is 0 Å². The molecule has 0 aromatic heterocycles. The molecule has 0 atom stereocenters. The quantitative estimate of drug-likeness (QED) is 0.369. The van der Waals surface area contributed by atoms with Crippen molar-refractivity contribution in [2.45, 2.75) is 6.36 Å². The van der Waals surface area contributed by atoms with Crippen molar-refractivity contribution in [3.05, 3.63) is 33.9 Å². The van der Waals surface area contributed by atoms with Crippen LogP contribution in [-0.2, 0) is 0 Å². The van der Waals surface area contributed by atoms with Crippen molar-refractivity contribution < 1.29 is 27.6 Å². The van der Waals surface area contributed by atoms with Gasteiger partial charge < -0.3 is 4.74 Å². The summed E-state index contributed by atoms with van der Waals surface area (Å²) in [6, 6.07) is 2.18. The molecule has 9 heteroatoms. The predicted molar refractivity (Wildman–Crippen MR) is 54.8 cm³/mol. The highest BCUT2D eigenvalue weighted by Gasteiger charge is 2.33. The molecule has 0 aliphatic heterocycles. The third-order valence-corrected chi connectivity index (χ3v) is 2.06. The number of rotatable bonds is 4. The van der Waals surface area contributed by atoms with Gasteiger partial charge in [0.2, 0.25) is 0 Å². The van der Waals surface area contributed by atoms with E-state index in [2.05, 4.69) is 4.74 Å². The summed E-state index contributed by atoms with van der Waals surface area (Å²) in [5.74, 6) is -2.34. The van der Waals surface area contributed by atoms with E-state index < -0.39 is 39.9 Å². The van der Waals surface area contributed by atoms with E-state index in [1.165, 1.54) is 0 Å². The van der Waals surface area contributed by atoms with Crippen molar-refractivity contribution in [3.63, 3.8) is 0 Å². The maximum atomic E-state index is 12.0. The molecule has 18 heavy (non-hydrogen) atoms. The van der Waals surface area contributed by atoms with Crippen LogP contribution in [0.5, 0.6) is 5.75 Å². The van der Waals surface area contributed by atoms with Crippen LogP contribution in [0.15, 0.2) is 18.2 Å². The lowest BCUT2D eigenvalue weighted by Crippen LogP contribution is -2.19. The average molecular weight is 284 g/mol. The molecule has 0 spiro atoms. The molecule has 0 aliphatic carbocycles. The predicted octanol–water partition coefficient (Wildman–Crippen LogP) is 2.91. The van der Waals surface area contributed by atoms with Crippen LogP contribution in [0.2, 0.25) is 0 Å². The second-order valence-corrected chi connectivity index (χ2v) is 3.31. The molecule has 0 bridgehead atoms. The summed E-state index contributed by atoms with van der Waals surface area (Å²) in [5.41, 5.74) is -1.12. The first-order valence-corrected chi connectivity index (χ1v) is 4.91. The Morgan fingerprint density at radius 3 is 2.50 bits per heavy atom. The first-order valence-electron chi connectivity index (χ1n) is 4.38. The Labute approximate surface area is 103 Å². The maximum Gasteiger partial charge on any atom is 0.573 e. The first-order chi connectivity index (χ1) is 8.24. The fraction of sp³-hybridized carbons (Fsp3) is 0.222. The molecule has 0 saturated carbocycles. The molecule has 0 heterocycles. The lowest BCUT2D eigenvalue weighted by molar-refractivity contribution is -0.385. The van der Waals surface area contributed by atoms with Crippen LogP contribution in [0.4, 0.5) is 18.9 Å². The molecule has 0 unspecified atom stereocenters. The molecule has 0 radical (unpaired) electrons. The van der Waals surface area contributed by atoms with E-state index in [0.717, 1.165) is 6.07 Å². The van der Waals surface area contributed by atoms with E-state index in [9.17, 15) is 28.1 Å². The highest BCUT2D eigenvalue weighted by molar-refractivity contribution is 6.30. The third kappa shape index (κ3) is 3.59. The Morgan fingerprint density at radius 2 is 2.06 bits per heavy atom. The van der Waals surface area contributed by atoms with E-state index in [4.69, 9.17) is 11.6 Å². The van der Waals surface area contributed by atoms with E-state index >= 15 is 0 Å². The summed E-state index contributed by atoms with van der Waals surface area (Å²) in [6.45, 7) is 0. The smallest absolute Gasteiger partial charge is 0.405 e. The van der Waals surface area contributed by atoms with Crippen LogP contribution in [-0.4, -0.2) is 22.9 Å². The Hall–Kier alpha value is -1.83. The molecule has 0 aliphatic rings. The molecule has 0 amide bonds. The summed E-state index contributed by atoms with van der Waals surface area (Å²) in [6.07, 6.45) is -5.00. The lowest BCUT2D eigenvalue weighted by Gasteiger charge is -2.11. The van der Waals surface area contributed by atoms with E-state index in [-0.39, 0.29) is 0 Å². The van der Waals surface area contributed by atoms with Gasteiger partial charge in [0.05, 0.1) is 16.4 Å². The summed E-state index contributed by atoms with van der Waals surface area (Å²) >= 11 is 5.21. The topological polar surface area (TPSA) is 69.4 Å². The molecule has 1 aromatic carbocycles. The van der Waals surface area contributed by atoms with Gasteiger partial charge >= 0.3 is 6.36 Å². The largest absolute Gasteiger partial charge is 0.573 e. The van der Waals surface area contributed by atoms with Gasteiger partial charge in [0.25, 0.3) is 5.69 Å². The molecule has 0 saturated heterocycles. The van der Waals surface area contributed by atoms with E-state index in [1.807, 2.05) is 0 Å². The van der Waals surface area contributed by atoms with Crippen LogP contribution in [0.25, 0.3) is 0 Å². The van der Waals surface area contributed by atoms with Crippen LogP contribution in [0, 0.1) is 10.1 Å². The van der Waals surface area contributed by atoms with Gasteiger partial charge in [-0.3, -0.25) is 14.9 Å². The number of benzene rings is 1. The Kier molecular flexibility index (Phi) is 4.12. The zero-order chi connectivity index (χ0) is 13.9. The normalized spacial score (nSPS) is 11.1. The van der Waals surface area contributed by atoms with Crippen LogP contribution in [0.1, 0.15) is 10.4 Å². The minimum absolute atomic E-state index is 0.530. The summed E-state index contributed by atoms with van der Waals surface area (Å²) in [4.78, 5) is 20.9. The molecule has 1 rings (SSSR count). The second-order valence-electron chi connectivity index (χ2n) is 3.04. The van der Waals surface area contributed by atoms with Gasteiger partial charge in [-0.05, 0) is 6.07 Å². The zero-order valence-electron chi connectivity index (χ0n) is 8.53. The van der Waals surface area contributed by atoms with Crippen molar-refractivity contribution in [2.24, 2.45) is 0 Å². The monoisotopic (exact) mass is 283 g/mol. The molecular formula is C9H5ClF3NO4. The number of ketones is 1. The van der Waals surface area contributed by atoms with Crippen molar-refractivity contribution in [2.75, 3.05) is 5.88 Å². The van der Waals surface area contributed by atoms with Gasteiger partial charge in [0, 0.05) is 12.1 Å². The second kappa shape index (κ2) is 5.21. The number of nitro benzene ring substituents is 1.